The number of nitrogens with two attached hydrogens (primary N) is 1. The van der Waals surface area contributed by atoms with Crippen LogP contribution in [0.25, 0.3) is 22.2 Å². The summed E-state index contributed by atoms with van der Waals surface area (Å²) in [5.41, 5.74) is 7.89. The van der Waals surface area contributed by atoms with Gasteiger partial charge in [0.25, 0.3) is 0 Å². The summed E-state index contributed by atoms with van der Waals surface area (Å²) in [6.45, 7) is -0.172. The zero-order chi connectivity index (χ0) is 22.0. The molecule has 0 aliphatic carbocycles. The van der Waals surface area contributed by atoms with Crippen molar-refractivity contribution in [1.82, 2.24) is 19.9 Å². The number of halogens is 1. The second kappa shape index (κ2) is 8.31. The van der Waals surface area contributed by atoms with E-state index in [-0.39, 0.29) is 24.2 Å². The fourth-order valence-electron chi connectivity index (χ4n) is 3.01. The molecular formula is C22H19FN6O2. The van der Waals surface area contributed by atoms with Crippen molar-refractivity contribution in [2.45, 2.75) is 6.61 Å². The van der Waals surface area contributed by atoms with Crippen molar-refractivity contribution in [2.24, 2.45) is 0 Å². The van der Waals surface area contributed by atoms with Gasteiger partial charge in [-0.05, 0) is 36.4 Å². The Kier molecular flexibility index (Phi) is 5.40. The van der Waals surface area contributed by atoms with Crippen molar-refractivity contribution in [3.05, 3.63) is 71.8 Å². The summed E-state index contributed by atoms with van der Waals surface area (Å²) in [7, 11) is 3.54. The topological polar surface area (TPSA) is 107 Å². The van der Waals surface area contributed by atoms with E-state index in [0.717, 1.165) is 0 Å². The van der Waals surface area contributed by atoms with E-state index in [1.807, 2.05) is 12.1 Å². The number of benzene rings is 2. The van der Waals surface area contributed by atoms with Crippen LogP contribution in [0, 0.1) is 5.82 Å². The highest BCUT2D eigenvalue weighted by molar-refractivity contribution is 6.04. The highest BCUT2D eigenvalue weighted by Crippen LogP contribution is 2.26. The molecule has 0 aliphatic heterocycles. The zero-order valence-corrected chi connectivity index (χ0v) is 16.9. The van der Waals surface area contributed by atoms with Gasteiger partial charge in [-0.3, -0.25) is 0 Å². The first kappa shape index (κ1) is 20.1. The second-order valence-corrected chi connectivity index (χ2v) is 6.96. The molecule has 4 rings (SSSR count). The quantitative estimate of drug-likeness (QED) is 0.492. The molecule has 9 heteroatoms. The van der Waals surface area contributed by atoms with E-state index >= 15 is 0 Å². The lowest BCUT2D eigenvalue weighted by molar-refractivity contribution is 0.0464. The Morgan fingerprint density at radius 1 is 1.03 bits per heavy atom. The first-order chi connectivity index (χ1) is 14.9. The molecule has 0 radical (unpaired) electrons. The maximum absolute atomic E-state index is 13.3. The lowest BCUT2D eigenvalue weighted by Gasteiger charge is -2.12. The maximum Gasteiger partial charge on any atom is 0.339 e. The Hall–Kier alpha value is -4.14. The average Bonchev–Trinajstić information content (AvgIpc) is 2.77. The first-order valence-corrected chi connectivity index (χ1v) is 9.41. The molecule has 2 N–H and O–H groups in total. The second-order valence-electron chi connectivity index (χ2n) is 6.96. The minimum absolute atomic E-state index is 0.0395. The Balaban J connectivity index is 1.67. The number of ether oxygens (including phenoxy) is 1. The van der Waals surface area contributed by atoms with Crippen molar-refractivity contribution in [3.8, 4) is 11.3 Å². The number of anilines is 2. The van der Waals surface area contributed by atoms with Crippen molar-refractivity contribution < 1.29 is 13.9 Å². The Bertz CT molecular complexity index is 1260. The molecule has 8 nitrogen and oxygen atoms in total. The standard InChI is InChI=1S/C22H19FN6O2/c1-29(2)22-27-19(26-21(24)28-22)12-31-20(30)16-11-18(13-7-9-14(23)10-8-13)25-17-6-4-3-5-15(16)17/h3-11H,12H2,1-2H3,(H2,24,26,27,28). The lowest BCUT2D eigenvalue weighted by Crippen LogP contribution is -2.17. The summed E-state index contributed by atoms with van der Waals surface area (Å²) in [5, 5.41) is 0.641. The molecular weight excluding hydrogens is 399 g/mol. The van der Waals surface area contributed by atoms with E-state index in [4.69, 9.17) is 10.5 Å². The number of rotatable bonds is 5. The molecule has 0 amide bonds. The van der Waals surface area contributed by atoms with Gasteiger partial charge < -0.3 is 15.4 Å². The number of esters is 1. The van der Waals surface area contributed by atoms with E-state index < -0.39 is 5.97 Å². The van der Waals surface area contributed by atoms with Crippen molar-refractivity contribution >= 4 is 28.8 Å². The van der Waals surface area contributed by atoms with Gasteiger partial charge in [-0.2, -0.15) is 15.0 Å². The molecule has 0 saturated carbocycles. The highest BCUT2D eigenvalue weighted by Gasteiger charge is 2.17. The molecule has 0 atom stereocenters. The van der Waals surface area contributed by atoms with Crippen LogP contribution in [0.2, 0.25) is 0 Å². The van der Waals surface area contributed by atoms with Crippen molar-refractivity contribution in [2.75, 3.05) is 24.7 Å². The molecule has 0 aliphatic rings. The van der Waals surface area contributed by atoms with Gasteiger partial charge in [0.15, 0.2) is 12.4 Å². The summed E-state index contributed by atoms with van der Waals surface area (Å²) in [6.07, 6.45) is 0. The Labute approximate surface area is 177 Å². The normalized spacial score (nSPS) is 10.8. The third kappa shape index (κ3) is 4.40. The lowest BCUT2D eigenvalue weighted by atomic mass is 10.0. The summed E-state index contributed by atoms with van der Waals surface area (Å²) in [6, 6.07) is 14.8. The molecule has 31 heavy (non-hydrogen) atoms. The Morgan fingerprint density at radius 3 is 2.52 bits per heavy atom. The van der Waals surface area contributed by atoms with Crippen LogP contribution in [-0.2, 0) is 11.3 Å². The molecule has 0 saturated heterocycles. The van der Waals surface area contributed by atoms with E-state index in [1.54, 1.807) is 49.3 Å². The minimum Gasteiger partial charge on any atom is -0.454 e. The molecule has 0 spiro atoms. The first-order valence-electron chi connectivity index (χ1n) is 9.41. The smallest absolute Gasteiger partial charge is 0.339 e. The summed E-state index contributed by atoms with van der Waals surface area (Å²) in [4.78, 5) is 31.5. The minimum atomic E-state index is -0.563. The van der Waals surface area contributed by atoms with E-state index in [2.05, 4.69) is 19.9 Å². The maximum atomic E-state index is 13.3. The number of hydrogen-bond acceptors (Lipinski definition) is 8. The van der Waals surface area contributed by atoms with Gasteiger partial charge in [-0.25, -0.2) is 14.2 Å². The van der Waals surface area contributed by atoms with Crippen molar-refractivity contribution in [1.29, 1.82) is 0 Å². The molecule has 0 fully saturated rings. The molecule has 156 valence electrons. The number of pyridine rings is 1. The van der Waals surface area contributed by atoms with Crippen molar-refractivity contribution in [3.63, 3.8) is 0 Å². The third-order valence-corrected chi connectivity index (χ3v) is 4.50. The summed E-state index contributed by atoms with van der Waals surface area (Å²) in [5.74, 6) is -0.267. The predicted octanol–water partition coefficient (Wildman–Crippen LogP) is 3.23. The van der Waals surface area contributed by atoms with Gasteiger partial charge >= 0.3 is 5.97 Å². The molecule has 0 unspecified atom stereocenters. The molecule has 2 aromatic heterocycles. The van der Waals surface area contributed by atoms with Crippen LogP contribution in [-0.4, -0.2) is 40.0 Å². The van der Waals surface area contributed by atoms with Crippen LogP contribution in [0.1, 0.15) is 16.2 Å². The van der Waals surface area contributed by atoms with Gasteiger partial charge in [0.05, 0.1) is 16.8 Å². The SMILES string of the molecule is CN(C)c1nc(N)nc(COC(=O)c2cc(-c3ccc(F)cc3)nc3ccccc23)n1. The average molecular weight is 418 g/mol. The van der Waals surface area contributed by atoms with E-state index in [0.29, 0.717) is 33.7 Å². The number of hydrogen-bond donors (Lipinski definition) is 1. The van der Waals surface area contributed by atoms with Gasteiger partial charge in [-0.1, -0.05) is 18.2 Å². The number of nitrogen functional groups attached to an aromatic ring is 1. The molecule has 4 aromatic rings. The van der Waals surface area contributed by atoms with Gasteiger partial charge in [0.2, 0.25) is 11.9 Å². The highest BCUT2D eigenvalue weighted by atomic mass is 19.1. The largest absolute Gasteiger partial charge is 0.454 e. The number of aromatic nitrogens is 4. The third-order valence-electron chi connectivity index (χ3n) is 4.50. The van der Waals surface area contributed by atoms with Gasteiger partial charge in [0, 0.05) is 25.0 Å². The molecule has 2 heterocycles. The number of carbonyl (C=O) groups excluding carboxylic acids is 1. The fraction of sp³-hybridized carbons (Fsp3) is 0.136. The fourth-order valence-corrected chi connectivity index (χ4v) is 3.01. The van der Waals surface area contributed by atoms with Crippen LogP contribution >= 0.6 is 0 Å². The predicted molar refractivity (Wildman–Crippen MR) is 115 cm³/mol. The van der Waals surface area contributed by atoms with Gasteiger partial charge in [0.1, 0.15) is 5.82 Å². The van der Waals surface area contributed by atoms with E-state index in [9.17, 15) is 9.18 Å². The molecule has 0 bridgehead atoms. The van der Waals surface area contributed by atoms with Crippen LogP contribution in [0.4, 0.5) is 16.3 Å². The number of nitrogens with zero attached hydrogens (tertiary/aromatic N) is 5. The Morgan fingerprint density at radius 2 is 1.77 bits per heavy atom. The number of carbonyl (C=O) groups is 1. The van der Waals surface area contributed by atoms with Crippen LogP contribution < -0.4 is 10.6 Å². The number of fused-ring (bicyclic) bond motifs is 1. The summed E-state index contributed by atoms with van der Waals surface area (Å²) >= 11 is 0. The monoisotopic (exact) mass is 418 g/mol. The van der Waals surface area contributed by atoms with Crippen LogP contribution in [0.5, 0.6) is 0 Å². The van der Waals surface area contributed by atoms with Crippen LogP contribution in [0.3, 0.4) is 0 Å². The zero-order valence-electron chi connectivity index (χ0n) is 16.9. The number of para-hydroxylation sites is 1. The summed E-state index contributed by atoms with van der Waals surface area (Å²) < 4.78 is 18.8. The van der Waals surface area contributed by atoms with Crippen LogP contribution in [0.15, 0.2) is 54.6 Å². The van der Waals surface area contributed by atoms with Gasteiger partial charge in [-0.15, -0.1) is 0 Å². The van der Waals surface area contributed by atoms with E-state index in [1.165, 1.54) is 12.1 Å². The molecule has 2 aromatic carbocycles.